The maximum absolute atomic E-state index is 13.2. The molecule has 1 aromatic rings. The molecule has 2 atom stereocenters. The summed E-state index contributed by atoms with van der Waals surface area (Å²) in [4.78, 5) is 47.5. The standard InChI is InChI=1S/C22H30F2N8O4/c1-22(2,3)10-31-16-6-14(29-15-9-25-12(7-26-15)18(33)27-8-13(23)24)30-32(16)21(36)17(20(31)35)19(34)28-11-4-5-11/h7,9,11,13-14,16,30,35H,4-6,8,10H2,1-3H3,(H,26,29)(H,27,33)(H,28,34). The SMILES string of the molecule is CC(C)(C)CN1C(O)=C(C(=O)NC2CC2)C(=O)N2NC(Nc3cnc(C(=O)NCC(F)F)cn3)CC12. The molecule has 2 aliphatic heterocycles. The van der Waals surface area contributed by atoms with E-state index in [-0.39, 0.29) is 34.4 Å². The number of carbonyl (C=O) groups is 3. The van der Waals surface area contributed by atoms with Crippen molar-refractivity contribution in [2.24, 2.45) is 5.41 Å². The van der Waals surface area contributed by atoms with Crippen molar-refractivity contribution in [2.75, 3.05) is 18.4 Å². The first-order valence-electron chi connectivity index (χ1n) is 11.7. The first-order chi connectivity index (χ1) is 16.9. The van der Waals surface area contributed by atoms with Crippen molar-refractivity contribution in [3.05, 3.63) is 29.5 Å². The van der Waals surface area contributed by atoms with Gasteiger partial charge in [-0.15, -0.1) is 0 Å². The summed E-state index contributed by atoms with van der Waals surface area (Å²) in [5.41, 5.74) is 2.34. The van der Waals surface area contributed by atoms with Gasteiger partial charge in [0.2, 0.25) is 5.88 Å². The van der Waals surface area contributed by atoms with Gasteiger partial charge in [-0.2, -0.15) is 0 Å². The number of fused-ring (bicyclic) bond motifs is 1. The van der Waals surface area contributed by atoms with E-state index in [1.54, 1.807) is 4.90 Å². The van der Waals surface area contributed by atoms with Gasteiger partial charge in [0, 0.05) is 19.0 Å². The van der Waals surface area contributed by atoms with Crippen molar-refractivity contribution in [3.63, 3.8) is 0 Å². The number of rotatable bonds is 8. The minimum atomic E-state index is -2.68. The second kappa shape index (κ2) is 9.84. The number of nitrogens with one attached hydrogen (secondary N) is 4. The maximum atomic E-state index is 13.2. The Morgan fingerprint density at radius 2 is 1.94 bits per heavy atom. The van der Waals surface area contributed by atoms with E-state index in [4.69, 9.17) is 0 Å². The van der Waals surface area contributed by atoms with Crippen molar-refractivity contribution in [2.45, 2.75) is 64.8 Å². The highest BCUT2D eigenvalue weighted by Gasteiger charge is 2.49. The lowest BCUT2D eigenvalue weighted by atomic mass is 9.95. The number of hydrogen-bond acceptors (Lipinski definition) is 9. The van der Waals surface area contributed by atoms with Crippen LogP contribution in [0.1, 0.15) is 50.5 Å². The Bertz CT molecular complexity index is 1060. The third-order valence-corrected chi connectivity index (χ3v) is 5.74. The highest BCUT2D eigenvalue weighted by molar-refractivity contribution is 6.19. The molecule has 0 aromatic carbocycles. The summed E-state index contributed by atoms with van der Waals surface area (Å²) in [6.07, 6.45) is 0.665. The molecule has 12 nitrogen and oxygen atoms in total. The van der Waals surface area contributed by atoms with Crippen molar-refractivity contribution < 1.29 is 28.3 Å². The second-order valence-corrected chi connectivity index (χ2v) is 10.2. The smallest absolute Gasteiger partial charge is 0.281 e. The van der Waals surface area contributed by atoms with Crippen LogP contribution in [0.2, 0.25) is 0 Å². The molecule has 1 saturated heterocycles. The molecule has 3 heterocycles. The number of hydrazine groups is 1. The summed E-state index contributed by atoms with van der Waals surface area (Å²) in [5.74, 6) is -2.09. The third kappa shape index (κ3) is 5.80. The minimum absolute atomic E-state index is 0.0133. The molecule has 0 spiro atoms. The highest BCUT2D eigenvalue weighted by Crippen LogP contribution is 2.33. The molecule has 0 radical (unpaired) electrons. The predicted octanol–water partition coefficient (Wildman–Crippen LogP) is 0.682. The molecule has 2 unspecified atom stereocenters. The lowest BCUT2D eigenvalue weighted by Crippen LogP contribution is -2.58. The number of aliphatic hydroxyl groups is 1. The molecule has 3 aliphatic rings. The fraction of sp³-hybridized carbons (Fsp3) is 0.591. The Morgan fingerprint density at radius 3 is 2.53 bits per heavy atom. The first-order valence-corrected chi connectivity index (χ1v) is 11.7. The van der Waals surface area contributed by atoms with Crippen molar-refractivity contribution in [3.8, 4) is 0 Å². The summed E-state index contributed by atoms with van der Waals surface area (Å²) in [7, 11) is 0. The van der Waals surface area contributed by atoms with E-state index < -0.39 is 43.0 Å². The van der Waals surface area contributed by atoms with Crippen LogP contribution in [0, 0.1) is 5.41 Å². The topological polar surface area (TPSA) is 152 Å². The summed E-state index contributed by atoms with van der Waals surface area (Å²) >= 11 is 0. The fourth-order valence-electron chi connectivity index (χ4n) is 4.01. The quantitative estimate of drug-likeness (QED) is 0.319. The summed E-state index contributed by atoms with van der Waals surface area (Å²) in [6, 6.07) is 0.0133. The van der Waals surface area contributed by atoms with Gasteiger partial charge >= 0.3 is 0 Å². The van der Waals surface area contributed by atoms with Crippen molar-refractivity contribution in [1.29, 1.82) is 0 Å². The molecule has 3 amide bonds. The van der Waals surface area contributed by atoms with Crippen molar-refractivity contribution >= 4 is 23.5 Å². The summed E-state index contributed by atoms with van der Waals surface area (Å²) < 4.78 is 24.6. The van der Waals surface area contributed by atoms with Crippen LogP contribution in [-0.2, 0) is 9.59 Å². The number of halogens is 2. The minimum Gasteiger partial charge on any atom is -0.494 e. The average molecular weight is 509 g/mol. The van der Waals surface area contributed by atoms with Gasteiger partial charge < -0.3 is 26.0 Å². The zero-order chi connectivity index (χ0) is 26.2. The molecular weight excluding hydrogens is 478 g/mol. The Kier molecular flexibility index (Phi) is 6.98. The van der Waals surface area contributed by atoms with Crippen molar-refractivity contribution in [1.82, 2.24) is 35.9 Å². The van der Waals surface area contributed by atoms with E-state index in [0.717, 1.165) is 19.0 Å². The van der Waals surface area contributed by atoms with Gasteiger partial charge in [0.15, 0.2) is 5.57 Å². The summed E-state index contributed by atoms with van der Waals surface area (Å²) in [5, 5.41) is 20.2. The monoisotopic (exact) mass is 508 g/mol. The normalized spacial score (nSPS) is 22.1. The van der Waals surface area contributed by atoms with Crippen LogP contribution in [-0.4, -0.2) is 80.6 Å². The van der Waals surface area contributed by atoms with Crippen LogP contribution in [0.5, 0.6) is 0 Å². The van der Waals surface area contributed by atoms with Crippen LogP contribution in [0.15, 0.2) is 23.8 Å². The highest BCUT2D eigenvalue weighted by atomic mass is 19.3. The van der Waals surface area contributed by atoms with Gasteiger partial charge in [0.1, 0.15) is 17.7 Å². The Labute approximate surface area is 206 Å². The lowest BCUT2D eigenvalue weighted by molar-refractivity contribution is -0.142. The number of carbonyl (C=O) groups excluding carboxylic acids is 3. The second-order valence-electron chi connectivity index (χ2n) is 10.2. The van der Waals surface area contributed by atoms with E-state index in [1.807, 2.05) is 20.8 Å². The fourth-order valence-corrected chi connectivity index (χ4v) is 4.01. The summed E-state index contributed by atoms with van der Waals surface area (Å²) in [6.45, 7) is 5.54. The number of alkyl halides is 2. The average Bonchev–Trinajstić information content (AvgIpc) is 3.51. The van der Waals surface area contributed by atoms with Crippen LogP contribution in [0.25, 0.3) is 0 Å². The number of amides is 3. The predicted molar refractivity (Wildman–Crippen MR) is 123 cm³/mol. The van der Waals surface area contributed by atoms with Gasteiger partial charge in [0.05, 0.1) is 25.1 Å². The Balaban J connectivity index is 1.48. The van der Waals surface area contributed by atoms with E-state index in [9.17, 15) is 28.3 Å². The van der Waals surface area contributed by atoms with Gasteiger partial charge in [-0.05, 0) is 18.3 Å². The molecule has 14 heteroatoms. The molecule has 4 rings (SSSR count). The van der Waals surface area contributed by atoms with Gasteiger partial charge in [-0.3, -0.25) is 14.4 Å². The largest absolute Gasteiger partial charge is 0.494 e. The third-order valence-electron chi connectivity index (χ3n) is 5.74. The van der Waals surface area contributed by atoms with Crippen LogP contribution in [0.3, 0.4) is 0 Å². The van der Waals surface area contributed by atoms with E-state index in [1.165, 1.54) is 11.2 Å². The molecule has 1 aromatic heterocycles. The zero-order valence-corrected chi connectivity index (χ0v) is 20.2. The number of anilines is 1. The molecule has 2 fully saturated rings. The van der Waals surface area contributed by atoms with Crippen LogP contribution >= 0.6 is 0 Å². The maximum Gasteiger partial charge on any atom is 0.281 e. The molecule has 196 valence electrons. The molecule has 0 bridgehead atoms. The van der Waals surface area contributed by atoms with E-state index in [2.05, 4.69) is 31.3 Å². The van der Waals surface area contributed by atoms with Gasteiger partial charge in [-0.1, -0.05) is 20.8 Å². The number of aromatic nitrogens is 2. The number of nitrogens with zero attached hydrogens (tertiary/aromatic N) is 4. The zero-order valence-electron chi connectivity index (χ0n) is 20.2. The number of aliphatic hydroxyl groups excluding tert-OH is 1. The van der Waals surface area contributed by atoms with E-state index in [0.29, 0.717) is 13.0 Å². The Morgan fingerprint density at radius 1 is 1.22 bits per heavy atom. The molecule has 5 N–H and O–H groups in total. The molecular formula is C22H30F2N8O4. The van der Waals surface area contributed by atoms with Crippen LogP contribution in [0.4, 0.5) is 14.6 Å². The molecule has 1 aliphatic carbocycles. The lowest BCUT2D eigenvalue weighted by Gasteiger charge is -2.42. The molecule has 36 heavy (non-hydrogen) atoms. The molecule has 1 saturated carbocycles. The Hall–Kier alpha value is -3.55. The van der Waals surface area contributed by atoms with E-state index >= 15 is 0 Å². The van der Waals surface area contributed by atoms with Crippen LogP contribution < -0.4 is 21.4 Å². The number of hydrogen-bond donors (Lipinski definition) is 5. The first kappa shape index (κ1) is 25.5. The van der Waals surface area contributed by atoms with Gasteiger partial charge in [0.25, 0.3) is 24.1 Å². The van der Waals surface area contributed by atoms with Gasteiger partial charge in [-0.25, -0.2) is 29.2 Å².